The number of hydrogen-bond donors (Lipinski definition) is 2. The number of amides is 1. The van der Waals surface area contributed by atoms with Crippen molar-refractivity contribution in [1.29, 1.82) is 0 Å². The molecule has 5 nitrogen and oxygen atoms in total. The van der Waals surface area contributed by atoms with Gasteiger partial charge in [-0.1, -0.05) is 48.0 Å². The van der Waals surface area contributed by atoms with Crippen molar-refractivity contribution >= 4 is 28.4 Å². The second-order valence-corrected chi connectivity index (χ2v) is 6.79. The third kappa shape index (κ3) is 3.46. The van der Waals surface area contributed by atoms with Crippen LogP contribution in [0.25, 0.3) is 22.2 Å². The topological polar surface area (TPSA) is 62.7 Å². The van der Waals surface area contributed by atoms with Crippen molar-refractivity contribution in [3.63, 3.8) is 0 Å². The number of H-pyrrole nitrogens is 1. The Hall–Kier alpha value is -3.05. The first-order chi connectivity index (χ1) is 13.1. The molecule has 136 valence electrons. The van der Waals surface area contributed by atoms with Crippen LogP contribution in [0.15, 0.2) is 60.8 Å². The van der Waals surface area contributed by atoms with E-state index in [0.29, 0.717) is 23.0 Å². The molecule has 2 heterocycles. The minimum absolute atomic E-state index is 0.150. The van der Waals surface area contributed by atoms with E-state index in [0.717, 1.165) is 17.5 Å². The van der Waals surface area contributed by atoms with Gasteiger partial charge in [0.15, 0.2) is 0 Å². The third-order valence-electron chi connectivity index (χ3n) is 4.62. The van der Waals surface area contributed by atoms with E-state index in [2.05, 4.69) is 21.5 Å². The average molecular weight is 379 g/mol. The van der Waals surface area contributed by atoms with Crippen LogP contribution in [0.4, 0.5) is 0 Å². The summed E-state index contributed by atoms with van der Waals surface area (Å²) in [6.07, 6.45) is 2.75. The number of fused-ring (bicyclic) bond motifs is 1. The Kier molecular flexibility index (Phi) is 4.69. The maximum atomic E-state index is 12.6. The molecule has 0 aliphatic heterocycles. The van der Waals surface area contributed by atoms with Crippen LogP contribution in [0.3, 0.4) is 0 Å². The number of para-hydroxylation sites is 1. The summed E-state index contributed by atoms with van der Waals surface area (Å²) in [5.41, 5.74) is 4.30. The van der Waals surface area contributed by atoms with E-state index in [1.807, 2.05) is 48.7 Å². The molecule has 1 amide bonds. The second kappa shape index (κ2) is 7.29. The van der Waals surface area contributed by atoms with Gasteiger partial charge in [0.25, 0.3) is 5.91 Å². The van der Waals surface area contributed by atoms with Crippen molar-refractivity contribution < 1.29 is 4.79 Å². The molecular formula is C21H19ClN4O. The summed E-state index contributed by atoms with van der Waals surface area (Å²) in [5.74, 6) is -0.150. The molecule has 0 spiro atoms. The molecule has 0 fully saturated rings. The van der Waals surface area contributed by atoms with E-state index in [4.69, 9.17) is 11.6 Å². The fraction of sp³-hybridized carbons (Fsp3) is 0.143. The monoisotopic (exact) mass is 378 g/mol. The molecule has 2 aromatic carbocycles. The van der Waals surface area contributed by atoms with Gasteiger partial charge in [-0.25, -0.2) is 0 Å². The van der Waals surface area contributed by atoms with Crippen molar-refractivity contribution in [2.45, 2.75) is 6.42 Å². The number of carbonyl (C=O) groups excluding carboxylic acids is 1. The number of hydrogen-bond acceptors (Lipinski definition) is 2. The number of benzene rings is 2. The van der Waals surface area contributed by atoms with Crippen molar-refractivity contribution in [1.82, 2.24) is 20.1 Å². The summed E-state index contributed by atoms with van der Waals surface area (Å²) in [6, 6.07) is 17.4. The summed E-state index contributed by atoms with van der Waals surface area (Å²) in [7, 11) is 1.76. The van der Waals surface area contributed by atoms with E-state index in [9.17, 15) is 4.79 Å². The van der Waals surface area contributed by atoms with Gasteiger partial charge in [-0.15, -0.1) is 0 Å². The zero-order chi connectivity index (χ0) is 18.8. The van der Waals surface area contributed by atoms with Crippen molar-refractivity contribution in [2.75, 3.05) is 6.54 Å². The Labute approximate surface area is 162 Å². The first kappa shape index (κ1) is 17.4. The molecule has 4 aromatic rings. The van der Waals surface area contributed by atoms with Crippen LogP contribution >= 0.6 is 11.6 Å². The van der Waals surface area contributed by atoms with Crippen LogP contribution in [-0.4, -0.2) is 27.2 Å². The van der Waals surface area contributed by atoms with Gasteiger partial charge in [0.05, 0.1) is 10.7 Å². The van der Waals surface area contributed by atoms with Gasteiger partial charge in [0.1, 0.15) is 5.69 Å². The van der Waals surface area contributed by atoms with Crippen molar-refractivity contribution in [3.8, 4) is 11.3 Å². The molecule has 0 atom stereocenters. The van der Waals surface area contributed by atoms with Crippen LogP contribution in [0.5, 0.6) is 0 Å². The molecule has 0 aliphatic carbocycles. The number of halogens is 1. The number of aromatic amines is 1. The molecule has 2 aromatic heterocycles. The molecule has 0 saturated heterocycles. The van der Waals surface area contributed by atoms with Crippen LogP contribution < -0.4 is 5.32 Å². The number of aryl methyl sites for hydroxylation is 1. The quantitative estimate of drug-likeness (QED) is 0.546. The zero-order valence-corrected chi connectivity index (χ0v) is 15.6. The summed E-state index contributed by atoms with van der Waals surface area (Å²) < 4.78 is 1.58. The van der Waals surface area contributed by atoms with Gasteiger partial charge in [-0.2, -0.15) is 5.10 Å². The molecule has 0 unspecified atom stereocenters. The van der Waals surface area contributed by atoms with Gasteiger partial charge in [-0.05, 0) is 30.2 Å². The van der Waals surface area contributed by atoms with Gasteiger partial charge in [0, 0.05) is 36.3 Å². The van der Waals surface area contributed by atoms with E-state index < -0.39 is 0 Å². The fourth-order valence-electron chi connectivity index (χ4n) is 3.22. The lowest BCUT2D eigenvalue weighted by Crippen LogP contribution is -2.27. The van der Waals surface area contributed by atoms with Crippen molar-refractivity contribution in [2.24, 2.45) is 7.05 Å². The molecule has 0 bridgehead atoms. The molecule has 2 N–H and O–H groups in total. The number of rotatable bonds is 5. The summed E-state index contributed by atoms with van der Waals surface area (Å²) in [6.45, 7) is 0.549. The molecular weight excluding hydrogens is 360 g/mol. The van der Waals surface area contributed by atoms with E-state index in [1.165, 1.54) is 10.9 Å². The van der Waals surface area contributed by atoms with Crippen LogP contribution in [0, 0.1) is 0 Å². The highest BCUT2D eigenvalue weighted by Gasteiger charge is 2.15. The molecule has 4 rings (SSSR count). The molecule has 0 aliphatic rings. The first-order valence-electron chi connectivity index (χ1n) is 8.75. The average Bonchev–Trinajstić information content (AvgIpc) is 3.26. The Morgan fingerprint density at radius 2 is 1.96 bits per heavy atom. The third-order valence-corrected chi connectivity index (χ3v) is 4.95. The lowest BCUT2D eigenvalue weighted by molar-refractivity contribution is 0.0945. The fourth-order valence-corrected chi connectivity index (χ4v) is 3.45. The minimum atomic E-state index is -0.150. The lowest BCUT2D eigenvalue weighted by Gasteiger charge is -2.04. The van der Waals surface area contributed by atoms with Crippen LogP contribution in [0.2, 0.25) is 5.02 Å². The van der Waals surface area contributed by atoms with Gasteiger partial charge >= 0.3 is 0 Å². The molecule has 0 radical (unpaired) electrons. The standard InChI is InChI=1S/C21H19ClN4O/c1-26-20(12-19(25-26)16-7-2-4-8-17(16)22)21(27)23-11-10-14-13-24-18-9-5-3-6-15(14)18/h2-9,12-13,24H,10-11H2,1H3,(H,23,27). The van der Waals surface area contributed by atoms with Crippen LogP contribution in [0.1, 0.15) is 16.1 Å². The minimum Gasteiger partial charge on any atom is -0.361 e. The Morgan fingerprint density at radius 1 is 1.19 bits per heavy atom. The highest BCUT2D eigenvalue weighted by atomic mass is 35.5. The highest BCUT2D eigenvalue weighted by Crippen LogP contribution is 2.26. The number of carbonyl (C=O) groups is 1. The first-order valence-corrected chi connectivity index (χ1v) is 9.13. The van der Waals surface area contributed by atoms with Crippen molar-refractivity contribution in [3.05, 3.63) is 77.1 Å². The summed E-state index contributed by atoms with van der Waals surface area (Å²) in [4.78, 5) is 15.8. The highest BCUT2D eigenvalue weighted by molar-refractivity contribution is 6.33. The maximum absolute atomic E-state index is 12.6. The molecule has 0 saturated carbocycles. The van der Waals surface area contributed by atoms with Gasteiger partial charge < -0.3 is 10.3 Å². The van der Waals surface area contributed by atoms with E-state index in [1.54, 1.807) is 17.8 Å². The zero-order valence-electron chi connectivity index (χ0n) is 14.9. The molecule has 27 heavy (non-hydrogen) atoms. The largest absolute Gasteiger partial charge is 0.361 e. The normalized spacial score (nSPS) is 11.0. The Morgan fingerprint density at radius 3 is 2.81 bits per heavy atom. The number of nitrogens with one attached hydrogen (secondary N) is 2. The second-order valence-electron chi connectivity index (χ2n) is 6.38. The van der Waals surface area contributed by atoms with Gasteiger partial charge in [0.2, 0.25) is 0 Å². The van der Waals surface area contributed by atoms with Gasteiger partial charge in [-0.3, -0.25) is 9.48 Å². The predicted molar refractivity (Wildman–Crippen MR) is 108 cm³/mol. The summed E-state index contributed by atoms with van der Waals surface area (Å²) >= 11 is 6.24. The predicted octanol–water partition coefficient (Wildman–Crippen LogP) is 4.19. The van der Waals surface area contributed by atoms with Crippen LogP contribution in [-0.2, 0) is 13.5 Å². The smallest absolute Gasteiger partial charge is 0.269 e. The lowest BCUT2D eigenvalue weighted by atomic mass is 10.1. The van der Waals surface area contributed by atoms with E-state index >= 15 is 0 Å². The maximum Gasteiger partial charge on any atom is 0.269 e. The summed E-state index contributed by atoms with van der Waals surface area (Å²) in [5, 5.41) is 9.20. The Balaban J connectivity index is 1.45. The molecule has 6 heteroatoms. The number of aromatic nitrogens is 3. The Bertz CT molecular complexity index is 1110. The SMILES string of the molecule is Cn1nc(-c2ccccc2Cl)cc1C(=O)NCCc1c[nH]c2ccccc12. The van der Waals surface area contributed by atoms with E-state index in [-0.39, 0.29) is 5.91 Å². The number of nitrogens with zero attached hydrogens (tertiary/aromatic N) is 2.